The molecule has 0 bridgehead atoms. The second-order valence-electron chi connectivity index (χ2n) is 6.15. The highest BCUT2D eigenvalue weighted by Gasteiger charge is 2.15. The Morgan fingerprint density at radius 3 is 2.30 bits per heavy atom. The lowest BCUT2D eigenvalue weighted by molar-refractivity contribution is -0.131. The number of carbonyl (C=O) groups excluding carboxylic acids is 2. The van der Waals surface area contributed by atoms with Crippen LogP contribution in [0.2, 0.25) is 0 Å². The molecular formula is C20H33N5O2. The molecule has 0 fully saturated rings. The normalized spacial score (nSPS) is 11.1. The van der Waals surface area contributed by atoms with Gasteiger partial charge < -0.3 is 20.4 Å². The summed E-state index contributed by atoms with van der Waals surface area (Å²) < 4.78 is 0. The van der Waals surface area contributed by atoms with Crippen LogP contribution in [0.1, 0.15) is 43.6 Å². The average Bonchev–Trinajstić information content (AvgIpc) is 2.66. The van der Waals surface area contributed by atoms with E-state index in [1.165, 1.54) is 0 Å². The van der Waals surface area contributed by atoms with Crippen molar-refractivity contribution < 1.29 is 9.59 Å². The lowest BCUT2D eigenvalue weighted by Gasteiger charge is -2.25. The van der Waals surface area contributed by atoms with Crippen LogP contribution < -0.4 is 10.6 Å². The van der Waals surface area contributed by atoms with Crippen LogP contribution in [0, 0.1) is 0 Å². The highest BCUT2D eigenvalue weighted by molar-refractivity contribution is 5.94. The lowest BCUT2D eigenvalue weighted by Crippen LogP contribution is -2.45. The summed E-state index contributed by atoms with van der Waals surface area (Å²) in [6.45, 7) is 11.2. The third-order valence-electron chi connectivity index (χ3n) is 4.12. The fraction of sp³-hybridized carbons (Fsp3) is 0.550. The zero-order valence-corrected chi connectivity index (χ0v) is 17.2. The molecule has 0 heterocycles. The Balaban J connectivity index is 2.85. The van der Waals surface area contributed by atoms with Crippen molar-refractivity contribution in [1.29, 1.82) is 0 Å². The zero-order chi connectivity index (χ0) is 20.2. The lowest BCUT2D eigenvalue weighted by atomic mass is 10.1. The van der Waals surface area contributed by atoms with E-state index >= 15 is 0 Å². The van der Waals surface area contributed by atoms with Crippen molar-refractivity contribution in [3.63, 3.8) is 0 Å². The van der Waals surface area contributed by atoms with E-state index in [-0.39, 0.29) is 18.4 Å². The van der Waals surface area contributed by atoms with Crippen LogP contribution in [0.5, 0.6) is 0 Å². The van der Waals surface area contributed by atoms with Gasteiger partial charge in [0.2, 0.25) is 5.91 Å². The fourth-order valence-electron chi connectivity index (χ4n) is 2.66. The Bertz CT molecular complexity index is 641. The Morgan fingerprint density at radius 2 is 1.70 bits per heavy atom. The monoisotopic (exact) mass is 375 g/mol. The topological polar surface area (TPSA) is 77.0 Å². The molecular weight excluding hydrogens is 342 g/mol. The van der Waals surface area contributed by atoms with Gasteiger partial charge in [0, 0.05) is 38.8 Å². The summed E-state index contributed by atoms with van der Waals surface area (Å²) in [4.78, 5) is 32.6. The number of hydrogen-bond acceptors (Lipinski definition) is 3. The van der Waals surface area contributed by atoms with Crippen molar-refractivity contribution in [3.8, 4) is 0 Å². The molecule has 0 aliphatic heterocycles. The quantitative estimate of drug-likeness (QED) is 0.509. The van der Waals surface area contributed by atoms with Crippen molar-refractivity contribution in [2.75, 3.05) is 39.8 Å². The number of aliphatic imine (C=N–C) groups is 1. The molecule has 7 nitrogen and oxygen atoms in total. The minimum atomic E-state index is -0.0860. The number of amides is 2. The van der Waals surface area contributed by atoms with Gasteiger partial charge in [0.25, 0.3) is 5.91 Å². The molecule has 0 saturated heterocycles. The highest BCUT2D eigenvalue weighted by atomic mass is 16.2. The predicted molar refractivity (Wildman–Crippen MR) is 110 cm³/mol. The molecule has 0 aliphatic carbocycles. The molecule has 150 valence electrons. The number of hydrogen-bond donors (Lipinski definition) is 2. The summed E-state index contributed by atoms with van der Waals surface area (Å²) in [7, 11) is 1.86. The number of benzene rings is 1. The molecule has 1 aromatic rings. The summed E-state index contributed by atoms with van der Waals surface area (Å²) >= 11 is 0. The minimum absolute atomic E-state index is 0.0753. The number of guanidine groups is 1. The van der Waals surface area contributed by atoms with Gasteiger partial charge in [-0.25, -0.2) is 4.99 Å². The van der Waals surface area contributed by atoms with Crippen LogP contribution in [-0.4, -0.2) is 67.3 Å². The Labute approximate surface area is 162 Å². The molecule has 2 N–H and O–H groups in total. The van der Waals surface area contributed by atoms with Gasteiger partial charge in [0.05, 0.1) is 13.1 Å². The van der Waals surface area contributed by atoms with Crippen molar-refractivity contribution >= 4 is 17.8 Å². The van der Waals surface area contributed by atoms with Crippen LogP contribution in [-0.2, 0) is 11.3 Å². The van der Waals surface area contributed by atoms with Gasteiger partial charge in [-0.15, -0.1) is 0 Å². The standard InChI is InChI=1S/C20H33N5O2/c1-6-21-19(27)17-12-10-11-16(13-17)14-23-20(22-7-2)24(5)15-18(26)25(8-3)9-4/h10-13H,6-9,14-15H2,1-5H3,(H,21,27)(H,22,23). The number of nitrogens with zero attached hydrogens (tertiary/aromatic N) is 3. The molecule has 0 atom stereocenters. The van der Waals surface area contributed by atoms with Gasteiger partial charge in [-0.05, 0) is 45.4 Å². The second kappa shape index (κ2) is 11.9. The Kier molecular flexibility index (Phi) is 9.93. The molecule has 7 heteroatoms. The fourth-order valence-corrected chi connectivity index (χ4v) is 2.66. The third-order valence-corrected chi connectivity index (χ3v) is 4.12. The van der Waals surface area contributed by atoms with Gasteiger partial charge in [-0.3, -0.25) is 9.59 Å². The molecule has 0 unspecified atom stereocenters. The maximum atomic E-state index is 12.3. The molecule has 0 aromatic heterocycles. The van der Waals surface area contributed by atoms with Crippen molar-refractivity contribution in [1.82, 2.24) is 20.4 Å². The van der Waals surface area contributed by atoms with Crippen LogP contribution >= 0.6 is 0 Å². The minimum Gasteiger partial charge on any atom is -0.357 e. The SMILES string of the molecule is CCNC(=O)c1cccc(CN=C(NCC)N(C)CC(=O)N(CC)CC)c1. The van der Waals surface area contributed by atoms with Crippen molar-refractivity contribution in [3.05, 3.63) is 35.4 Å². The molecule has 1 rings (SSSR count). The Morgan fingerprint density at radius 1 is 1.04 bits per heavy atom. The van der Waals surface area contributed by atoms with Crippen molar-refractivity contribution in [2.45, 2.75) is 34.2 Å². The second-order valence-corrected chi connectivity index (χ2v) is 6.15. The van der Waals surface area contributed by atoms with E-state index < -0.39 is 0 Å². The first kappa shape index (κ1) is 22.5. The first-order valence-corrected chi connectivity index (χ1v) is 9.61. The van der Waals surface area contributed by atoms with E-state index in [0.717, 1.165) is 5.56 Å². The molecule has 0 saturated carbocycles. The summed E-state index contributed by atoms with van der Waals surface area (Å²) in [5, 5.41) is 6.01. The van der Waals surface area contributed by atoms with Crippen LogP contribution in [0.25, 0.3) is 0 Å². The molecule has 0 radical (unpaired) electrons. The zero-order valence-electron chi connectivity index (χ0n) is 17.2. The number of likely N-dealkylation sites (N-methyl/N-ethyl adjacent to an activating group) is 2. The molecule has 0 aliphatic rings. The highest BCUT2D eigenvalue weighted by Crippen LogP contribution is 2.07. The molecule has 27 heavy (non-hydrogen) atoms. The predicted octanol–water partition coefficient (Wildman–Crippen LogP) is 1.70. The van der Waals surface area contributed by atoms with Crippen LogP contribution in [0.4, 0.5) is 0 Å². The van der Waals surface area contributed by atoms with Gasteiger partial charge in [0.1, 0.15) is 0 Å². The third kappa shape index (κ3) is 7.29. The first-order chi connectivity index (χ1) is 13.0. The van der Waals surface area contributed by atoms with Gasteiger partial charge >= 0.3 is 0 Å². The maximum Gasteiger partial charge on any atom is 0.251 e. The van der Waals surface area contributed by atoms with E-state index in [0.29, 0.717) is 44.2 Å². The van der Waals surface area contributed by atoms with Crippen LogP contribution in [0.3, 0.4) is 0 Å². The molecule has 0 spiro atoms. The summed E-state index contributed by atoms with van der Waals surface area (Å²) in [6, 6.07) is 7.43. The van der Waals surface area contributed by atoms with Crippen LogP contribution in [0.15, 0.2) is 29.3 Å². The number of rotatable bonds is 9. The first-order valence-electron chi connectivity index (χ1n) is 9.61. The summed E-state index contributed by atoms with van der Waals surface area (Å²) in [5.74, 6) is 0.657. The number of carbonyl (C=O) groups is 2. The van der Waals surface area contributed by atoms with Crippen molar-refractivity contribution in [2.24, 2.45) is 4.99 Å². The average molecular weight is 376 g/mol. The summed E-state index contributed by atoms with van der Waals surface area (Å²) in [6.07, 6.45) is 0. The molecule has 1 aromatic carbocycles. The Hall–Kier alpha value is -2.57. The number of nitrogens with one attached hydrogen (secondary N) is 2. The maximum absolute atomic E-state index is 12.3. The van der Waals surface area contributed by atoms with E-state index in [9.17, 15) is 9.59 Å². The molecule has 2 amide bonds. The largest absolute Gasteiger partial charge is 0.357 e. The van der Waals surface area contributed by atoms with E-state index in [1.807, 2.05) is 57.8 Å². The van der Waals surface area contributed by atoms with Gasteiger partial charge in [-0.2, -0.15) is 0 Å². The van der Waals surface area contributed by atoms with E-state index in [4.69, 9.17) is 0 Å². The van der Waals surface area contributed by atoms with Gasteiger partial charge in [-0.1, -0.05) is 12.1 Å². The van der Waals surface area contributed by atoms with Gasteiger partial charge in [0.15, 0.2) is 5.96 Å². The van der Waals surface area contributed by atoms with E-state index in [1.54, 1.807) is 11.0 Å². The summed E-state index contributed by atoms with van der Waals surface area (Å²) in [5.41, 5.74) is 1.57. The van der Waals surface area contributed by atoms with E-state index in [2.05, 4.69) is 15.6 Å². The smallest absolute Gasteiger partial charge is 0.251 e.